The van der Waals surface area contributed by atoms with Crippen molar-refractivity contribution in [3.63, 3.8) is 0 Å². The summed E-state index contributed by atoms with van der Waals surface area (Å²) in [5, 5.41) is 14.5. The normalized spacial score (nSPS) is 11.4. The molecule has 0 aliphatic heterocycles. The first-order valence-electron chi connectivity index (χ1n) is 4.24. The summed E-state index contributed by atoms with van der Waals surface area (Å²) in [5.41, 5.74) is 0. The molecule has 0 aromatic carbocycles. The number of alkyl halides is 3. The van der Waals surface area contributed by atoms with E-state index in [1.807, 2.05) is 6.07 Å². The van der Waals surface area contributed by atoms with Gasteiger partial charge in [-0.3, -0.25) is 0 Å². The van der Waals surface area contributed by atoms with Crippen molar-refractivity contribution in [2.75, 3.05) is 11.6 Å². The van der Waals surface area contributed by atoms with Gasteiger partial charge in [0.1, 0.15) is 0 Å². The Morgan fingerprint density at radius 1 is 1.44 bits per heavy atom. The van der Waals surface area contributed by atoms with Gasteiger partial charge >= 0.3 is 6.18 Å². The average molecular weight is 251 g/mol. The lowest BCUT2D eigenvalue weighted by molar-refractivity contribution is -0.146. The molecule has 0 atom stereocenters. The molecule has 0 unspecified atom stereocenters. The van der Waals surface area contributed by atoms with Crippen molar-refractivity contribution >= 4 is 11.8 Å². The molecular weight excluding hydrogens is 243 g/mol. The van der Waals surface area contributed by atoms with Gasteiger partial charge in [0.05, 0.1) is 6.07 Å². The molecule has 0 amide bonds. The van der Waals surface area contributed by atoms with E-state index < -0.39 is 12.0 Å². The van der Waals surface area contributed by atoms with Gasteiger partial charge in [0, 0.05) is 12.2 Å². The van der Waals surface area contributed by atoms with Gasteiger partial charge in [-0.25, -0.2) is 4.68 Å². The topological polar surface area (TPSA) is 80.5 Å². The van der Waals surface area contributed by atoms with E-state index in [2.05, 4.69) is 10.2 Å². The average Bonchev–Trinajstić information content (AvgIpc) is 2.54. The predicted molar refractivity (Wildman–Crippen MR) is 50.7 cm³/mol. The maximum atomic E-state index is 12.2. The second-order valence-corrected chi connectivity index (χ2v) is 3.85. The number of nitrogen functional groups attached to an aromatic ring is 1. The van der Waals surface area contributed by atoms with Gasteiger partial charge in [-0.15, -0.1) is 10.2 Å². The Morgan fingerprint density at radius 3 is 2.62 bits per heavy atom. The lowest BCUT2D eigenvalue weighted by Crippen LogP contribution is -2.21. The molecule has 0 aliphatic carbocycles. The number of rotatable bonds is 4. The molecule has 9 heteroatoms. The molecule has 0 saturated heterocycles. The number of nitrogens with zero attached hydrogens (tertiary/aromatic N) is 4. The van der Waals surface area contributed by atoms with Crippen LogP contribution in [0.5, 0.6) is 0 Å². The zero-order valence-electron chi connectivity index (χ0n) is 8.03. The molecule has 16 heavy (non-hydrogen) atoms. The van der Waals surface area contributed by atoms with Crippen LogP contribution in [-0.4, -0.2) is 20.6 Å². The van der Waals surface area contributed by atoms with Crippen molar-refractivity contribution in [2.24, 2.45) is 0 Å². The maximum Gasteiger partial charge on any atom is 0.453 e. The number of thioether (sulfide) groups is 1. The van der Waals surface area contributed by atoms with Crippen LogP contribution >= 0.6 is 11.8 Å². The number of nitrogens with two attached hydrogens (primary N) is 1. The molecule has 0 bridgehead atoms. The minimum absolute atomic E-state index is 0.00901. The van der Waals surface area contributed by atoms with Crippen LogP contribution < -0.4 is 5.84 Å². The highest BCUT2D eigenvalue weighted by atomic mass is 32.2. The third-order valence-corrected chi connectivity index (χ3v) is 2.61. The van der Waals surface area contributed by atoms with E-state index in [1.165, 1.54) is 0 Å². The summed E-state index contributed by atoms with van der Waals surface area (Å²) in [6.07, 6.45) is -3.69. The van der Waals surface area contributed by atoms with Crippen LogP contribution in [0, 0.1) is 11.3 Å². The molecule has 88 valence electrons. The van der Waals surface area contributed by atoms with E-state index in [9.17, 15) is 13.2 Å². The molecule has 5 nitrogen and oxygen atoms in total. The fourth-order valence-electron chi connectivity index (χ4n) is 0.883. The Balaban J connectivity index is 2.63. The zero-order valence-corrected chi connectivity index (χ0v) is 8.85. The molecule has 1 heterocycles. The van der Waals surface area contributed by atoms with Crippen LogP contribution in [0.25, 0.3) is 0 Å². The van der Waals surface area contributed by atoms with Crippen LogP contribution in [0.1, 0.15) is 18.7 Å². The second-order valence-electron chi connectivity index (χ2n) is 2.78. The Hall–Kier alpha value is -1.43. The highest BCUT2D eigenvalue weighted by Crippen LogP contribution is 2.28. The number of unbranched alkanes of at least 4 members (excludes halogenated alkanes) is 1. The van der Waals surface area contributed by atoms with Crippen LogP contribution in [0.4, 0.5) is 13.2 Å². The maximum absolute atomic E-state index is 12.2. The van der Waals surface area contributed by atoms with Gasteiger partial charge in [-0.05, 0) is 6.42 Å². The smallest absolute Gasteiger partial charge is 0.335 e. The lowest BCUT2D eigenvalue weighted by atomic mass is 10.4. The molecule has 0 saturated carbocycles. The van der Waals surface area contributed by atoms with Crippen LogP contribution in [0.2, 0.25) is 0 Å². The minimum atomic E-state index is -4.60. The molecule has 1 aromatic rings. The Morgan fingerprint density at radius 2 is 2.12 bits per heavy atom. The largest absolute Gasteiger partial charge is 0.453 e. The first-order chi connectivity index (χ1) is 7.46. The molecule has 0 aliphatic rings. The van der Waals surface area contributed by atoms with Crippen LogP contribution in [-0.2, 0) is 6.18 Å². The van der Waals surface area contributed by atoms with E-state index >= 15 is 0 Å². The predicted octanol–water partition coefficient (Wildman–Crippen LogP) is 1.41. The summed E-state index contributed by atoms with van der Waals surface area (Å²) in [4.78, 5) is 0. The van der Waals surface area contributed by atoms with Crippen molar-refractivity contribution < 1.29 is 13.2 Å². The van der Waals surface area contributed by atoms with Crippen molar-refractivity contribution in [3.05, 3.63) is 5.82 Å². The molecule has 1 aromatic heterocycles. The van der Waals surface area contributed by atoms with Crippen molar-refractivity contribution in [1.82, 2.24) is 14.9 Å². The van der Waals surface area contributed by atoms with Gasteiger partial charge in [-0.1, -0.05) is 11.8 Å². The lowest BCUT2D eigenvalue weighted by Gasteiger charge is -2.05. The highest BCUT2D eigenvalue weighted by molar-refractivity contribution is 7.99. The number of halogens is 3. The Labute approximate surface area is 93.4 Å². The number of hydrogen-bond acceptors (Lipinski definition) is 5. The monoisotopic (exact) mass is 251 g/mol. The molecule has 2 N–H and O–H groups in total. The Kier molecular flexibility index (Phi) is 4.00. The zero-order chi connectivity index (χ0) is 12.2. The fraction of sp³-hybridized carbons (Fsp3) is 0.571. The summed E-state index contributed by atoms with van der Waals surface area (Å²) in [5.74, 6) is 4.44. The fourth-order valence-corrected chi connectivity index (χ4v) is 1.68. The number of nitriles is 1. The summed E-state index contributed by atoms with van der Waals surface area (Å²) in [6, 6.07) is 1.93. The van der Waals surface area contributed by atoms with Gasteiger partial charge in [-0.2, -0.15) is 18.4 Å². The minimum Gasteiger partial charge on any atom is -0.335 e. The molecule has 0 radical (unpaired) electrons. The summed E-state index contributed by atoms with van der Waals surface area (Å²) >= 11 is 1.04. The van der Waals surface area contributed by atoms with Crippen molar-refractivity contribution in [2.45, 2.75) is 24.2 Å². The van der Waals surface area contributed by atoms with Crippen molar-refractivity contribution in [1.29, 1.82) is 5.26 Å². The first kappa shape index (κ1) is 12.6. The summed E-state index contributed by atoms with van der Waals surface area (Å²) in [6.45, 7) is 0. The van der Waals surface area contributed by atoms with E-state index in [1.54, 1.807) is 0 Å². The van der Waals surface area contributed by atoms with E-state index in [0.29, 0.717) is 23.3 Å². The van der Waals surface area contributed by atoms with E-state index in [4.69, 9.17) is 11.1 Å². The third kappa shape index (κ3) is 3.03. The highest BCUT2D eigenvalue weighted by Gasteiger charge is 2.38. The van der Waals surface area contributed by atoms with Gasteiger partial charge in [0.15, 0.2) is 0 Å². The standard InChI is InChI=1S/C7H8F3N5S/c8-7(9,10)5-13-14-6(15(5)12)16-4-2-1-3-11/h1-2,4,12H2. The molecule has 0 fully saturated rings. The third-order valence-electron chi connectivity index (χ3n) is 1.58. The SMILES string of the molecule is N#CCCCSc1nnc(C(F)(F)F)n1N. The Bertz CT molecular complexity index is 394. The summed E-state index contributed by atoms with van der Waals surface area (Å²) < 4.78 is 37.2. The molecule has 1 rings (SSSR count). The number of hydrogen-bond donors (Lipinski definition) is 1. The van der Waals surface area contributed by atoms with Crippen LogP contribution in [0.15, 0.2) is 5.16 Å². The van der Waals surface area contributed by atoms with Gasteiger partial charge in [0.25, 0.3) is 5.82 Å². The summed E-state index contributed by atoms with van der Waals surface area (Å²) in [7, 11) is 0. The molecule has 0 spiro atoms. The van der Waals surface area contributed by atoms with Crippen LogP contribution in [0.3, 0.4) is 0 Å². The van der Waals surface area contributed by atoms with Gasteiger partial charge in [0.2, 0.25) is 5.16 Å². The molecular formula is C7H8F3N5S. The quantitative estimate of drug-likeness (QED) is 0.497. The van der Waals surface area contributed by atoms with Gasteiger partial charge < -0.3 is 5.84 Å². The number of aromatic nitrogens is 3. The van der Waals surface area contributed by atoms with E-state index in [-0.39, 0.29) is 5.16 Å². The van der Waals surface area contributed by atoms with Crippen molar-refractivity contribution in [3.8, 4) is 6.07 Å². The first-order valence-corrected chi connectivity index (χ1v) is 5.23. The van der Waals surface area contributed by atoms with E-state index in [0.717, 1.165) is 11.8 Å². The second kappa shape index (κ2) is 5.07.